The van der Waals surface area contributed by atoms with E-state index in [9.17, 15) is 9.90 Å². The van der Waals surface area contributed by atoms with Crippen molar-refractivity contribution in [3.05, 3.63) is 0 Å². The molecule has 0 spiro atoms. The molecular weight excluding hydrogens is 186 g/mol. The van der Waals surface area contributed by atoms with Gasteiger partial charge in [0.25, 0.3) is 0 Å². The van der Waals surface area contributed by atoms with Crippen LogP contribution in [0.2, 0.25) is 0 Å². The van der Waals surface area contributed by atoms with E-state index in [1.54, 1.807) is 0 Å². The fourth-order valence-electron chi connectivity index (χ4n) is 0.965. The summed E-state index contributed by atoms with van der Waals surface area (Å²) in [4.78, 5) is 10.2. The Hall–Kier alpha value is -0.650. The van der Waals surface area contributed by atoms with Crippen LogP contribution < -0.4 is 5.32 Å². The number of carboxylic acid groups (broad SMARTS) is 1. The van der Waals surface area contributed by atoms with Gasteiger partial charge in [-0.05, 0) is 13.8 Å². The highest BCUT2D eigenvalue weighted by atomic mass is 16.5. The number of aliphatic hydroxyl groups excluding tert-OH is 1. The number of carbonyl (C=O) groups is 1. The summed E-state index contributed by atoms with van der Waals surface area (Å²) in [6.45, 7) is 5.33. The number of aliphatic hydroxyl groups is 1. The number of hydrogen-bond donors (Lipinski definition) is 3. The summed E-state index contributed by atoms with van der Waals surface area (Å²) < 4.78 is 5.15. The molecule has 0 heterocycles. The van der Waals surface area contributed by atoms with Crippen molar-refractivity contribution in [3.63, 3.8) is 0 Å². The van der Waals surface area contributed by atoms with Gasteiger partial charge in [0.1, 0.15) is 0 Å². The summed E-state index contributed by atoms with van der Waals surface area (Å²) in [5.41, 5.74) is 0. The van der Waals surface area contributed by atoms with Gasteiger partial charge in [-0.15, -0.1) is 0 Å². The summed E-state index contributed by atoms with van der Waals surface area (Å²) >= 11 is 0. The van der Waals surface area contributed by atoms with Crippen LogP contribution in [0.4, 0.5) is 0 Å². The lowest BCUT2D eigenvalue weighted by Gasteiger charge is -2.15. The summed E-state index contributed by atoms with van der Waals surface area (Å²) in [5.74, 6) is -0.989. The van der Waals surface area contributed by atoms with Crippen molar-refractivity contribution in [2.24, 2.45) is 0 Å². The van der Waals surface area contributed by atoms with Gasteiger partial charge in [0.2, 0.25) is 0 Å². The molecule has 0 bridgehead atoms. The highest BCUT2D eigenvalue weighted by Gasteiger charge is 2.10. The van der Waals surface area contributed by atoms with E-state index in [4.69, 9.17) is 9.84 Å². The molecule has 3 N–H and O–H groups in total. The minimum Gasteiger partial charge on any atom is -0.481 e. The molecule has 0 aliphatic rings. The standard InChI is InChI=1S/C9H19NO4/c1-3-14-6-7(2)10-5-8(11)4-9(12)13/h7-8,10-11H,3-6H2,1-2H3,(H,12,13). The van der Waals surface area contributed by atoms with Crippen LogP contribution in [-0.2, 0) is 9.53 Å². The van der Waals surface area contributed by atoms with E-state index < -0.39 is 12.1 Å². The molecule has 0 aromatic rings. The van der Waals surface area contributed by atoms with Crippen LogP contribution in [0.5, 0.6) is 0 Å². The zero-order valence-electron chi connectivity index (χ0n) is 8.69. The molecule has 0 rings (SSSR count). The van der Waals surface area contributed by atoms with Crippen LogP contribution in [-0.4, -0.2) is 48.1 Å². The van der Waals surface area contributed by atoms with Crippen LogP contribution in [0.25, 0.3) is 0 Å². The average molecular weight is 205 g/mol. The molecule has 0 aromatic carbocycles. The van der Waals surface area contributed by atoms with Gasteiger partial charge in [0, 0.05) is 19.2 Å². The number of carboxylic acids is 1. The minimum absolute atomic E-state index is 0.124. The third-order valence-electron chi connectivity index (χ3n) is 1.68. The summed E-state index contributed by atoms with van der Waals surface area (Å²) in [6.07, 6.45) is -1.06. The van der Waals surface area contributed by atoms with Crippen molar-refractivity contribution in [2.75, 3.05) is 19.8 Å². The second-order valence-electron chi connectivity index (χ2n) is 3.22. The molecule has 0 amide bonds. The smallest absolute Gasteiger partial charge is 0.306 e. The van der Waals surface area contributed by atoms with Crippen molar-refractivity contribution in [2.45, 2.75) is 32.4 Å². The van der Waals surface area contributed by atoms with Crippen LogP contribution in [0, 0.1) is 0 Å². The van der Waals surface area contributed by atoms with Crippen molar-refractivity contribution < 1.29 is 19.7 Å². The second-order valence-corrected chi connectivity index (χ2v) is 3.22. The van der Waals surface area contributed by atoms with Crippen LogP contribution in [0.15, 0.2) is 0 Å². The maximum Gasteiger partial charge on any atom is 0.306 e. The first-order chi connectivity index (χ1) is 6.56. The van der Waals surface area contributed by atoms with Crippen LogP contribution in [0.3, 0.4) is 0 Å². The lowest BCUT2D eigenvalue weighted by molar-refractivity contribution is -0.139. The predicted molar refractivity (Wildman–Crippen MR) is 52.2 cm³/mol. The molecule has 5 nitrogen and oxygen atoms in total. The first kappa shape index (κ1) is 13.4. The molecule has 2 atom stereocenters. The molecular formula is C9H19NO4. The maximum absolute atomic E-state index is 10.2. The Morgan fingerprint density at radius 2 is 2.21 bits per heavy atom. The Bertz CT molecular complexity index is 163. The summed E-state index contributed by atoms with van der Waals surface area (Å²) in [6, 6.07) is 0.124. The van der Waals surface area contributed by atoms with E-state index in [1.165, 1.54) is 0 Å². The predicted octanol–water partition coefficient (Wildman–Crippen LogP) is -0.163. The Morgan fingerprint density at radius 3 is 2.71 bits per heavy atom. The first-order valence-electron chi connectivity index (χ1n) is 4.77. The fraction of sp³-hybridized carbons (Fsp3) is 0.889. The molecule has 0 saturated heterocycles. The van der Waals surface area contributed by atoms with Gasteiger partial charge in [-0.1, -0.05) is 0 Å². The third-order valence-corrected chi connectivity index (χ3v) is 1.68. The zero-order chi connectivity index (χ0) is 11.0. The molecule has 84 valence electrons. The molecule has 5 heteroatoms. The molecule has 0 saturated carbocycles. The fourth-order valence-corrected chi connectivity index (χ4v) is 0.965. The Kier molecular flexibility index (Phi) is 7.37. The van der Waals surface area contributed by atoms with Gasteiger partial charge in [-0.3, -0.25) is 4.79 Å². The molecule has 2 unspecified atom stereocenters. The van der Waals surface area contributed by atoms with E-state index in [0.717, 1.165) is 0 Å². The number of aliphatic carboxylic acids is 1. The van der Waals surface area contributed by atoms with Crippen LogP contribution in [0.1, 0.15) is 20.3 Å². The number of rotatable bonds is 8. The maximum atomic E-state index is 10.2. The van der Waals surface area contributed by atoms with Gasteiger partial charge in [0.05, 0.1) is 19.1 Å². The highest BCUT2D eigenvalue weighted by molar-refractivity contribution is 5.67. The molecule has 0 aliphatic carbocycles. The van der Waals surface area contributed by atoms with Gasteiger partial charge >= 0.3 is 5.97 Å². The summed E-state index contributed by atoms with van der Waals surface area (Å²) in [7, 11) is 0. The van der Waals surface area contributed by atoms with Gasteiger partial charge in [-0.2, -0.15) is 0 Å². The molecule has 14 heavy (non-hydrogen) atoms. The van der Waals surface area contributed by atoms with Gasteiger partial charge in [-0.25, -0.2) is 0 Å². The third kappa shape index (κ3) is 7.97. The molecule has 0 fully saturated rings. The minimum atomic E-state index is -0.989. The SMILES string of the molecule is CCOCC(C)NCC(O)CC(=O)O. The molecule has 0 aromatic heterocycles. The van der Waals surface area contributed by atoms with Crippen molar-refractivity contribution >= 4 is 5.97 Å². The molecule has 0 radical (unpaired) electrons. The van der Waals surface area contributed by atoms with Gasteiger partial charge in [0.15, 0.2) is 0 Å². The Labute approximate surface area is 84.1 Å². The van der Waals surface area contributed by atoms with E-state index >= 15 is 0 Å². The van der Waals surface area contributed by atoms with Crippen LogP contribution >= 0.6 is 0 Å². The van der Waals surface area contributed by atoms with Crippen molar-refractivity contribution in [1.29, 1.82) is 0 Å². The normalized spacial score (nSPS) is 15.1. The zero-order valence-corrected chi connectivity index (χ0v) is 8.69. The summed E-state index contributed by atoms with van der Waals surface area (Å²) in [5, 5.41) is 20.6. The Morgan fingerprint density at radius 1 is 1.57 bits per heavy atom. The quantitative estimate of drug-likeness (QED) is 0.513. The van der Waals surface area contributed by atoms with Crippen molar-refractivity contribution in [3.8, 4) is 0 Å². The molecule has 0 aliphatic heterocycles. The van der Waals surface area contributed by atoms with E-state index in [-0.39, 0.29) is 19.0 Å². The van der Waals surface area contributed by atoms with E-state index in [2.05, 4.69) is 5.32 Å². The largest absolute Gasteiger partial charge is 0.481 e. The van der Waals surface area contributed by atoms with E-state index in [0.29, 0.717) is 13.2 Å². The number of nitrogens with one attached hydrogen (secondary N) is 1. The number of hydrogen-bond acceptors (Lipinski definition) is 4. The Balaban J connectivity index is 3.45. The van der Waals surface area contributed by atoms with Crippen molar-refractivity contribution in [1.82, 2.24) is 5.32 Å². The monoisotopic (exact) mass is 205 g/mol. The van der Waals surface area contributed by atoms with E-state index in [1.807, 2.05) is 13.8 Å². The topological polar surface area (TPSA) is 78.8 Å². The average Bonchev–Trinajstić information content (AvgIpc) is 2.10. The highest BCUT2D eigenvalue weighted by Crippen LogP contribution is 1.91. The first-order valence-corrected chi connectivity index (χ1v) is 4.77. The lowest BCUT2D eigenvalue weighted by atomic mass is 10.2. The second kappa shape index (κ2) is 7.73. The van der Waals surface area contributed by atoms with Gasteiger partial charge < -0.3 is 20.3 Å². The lowest BCUT2D eigenvalue weighted by Crippen LogP contribution is -2.37. The number of ether oxygens (including phenoxy) is 1.